The predicted molar refractivity (Wildman–Crippen MR) is 81.0 cm³/mol. The number of amides is 1. The zero-order chi connectivity index (χ0) is 13.7. The van der Waals surface area contributed by atoms with Crippen LogP contribution in [0.15, 0.2) is 28.7 Å². The number of halogens is 1. The number of nitrogens with one attached hydrogen (secondary N) is 1. The summed E-state index contributed by atoms with van der Waals surface area (Å²) < 4.78 is 1.08. The second-order valence-corrected chi connectivity index (χ2v) is 5.90. The normalized spacial score (nSPS) is 16.6. The topological polar surface area (TPSA) is 32.3 Å². The maximum atomic E-state index is 12.0. The van der Waals surface area contributed by atoms with Gasteiger partial charge < -0.3 is 10.2 Å². The minimum absolute atomic E-state index is 0.228. The summed E-state index contributed by atoms with van der Waals surface area (Å²) >= 11 is 3.49. The molecule has 0 aromatic heterocycles. The Morgan fingerprint density at radius 1 is 1.42 bits per heavy atom. The first kappa shape index (κ1) is 14.5. The van der Waals surface area contributed by atoms with E-state index in [2.05, 4.69) is 40.3 Å². The summed E-state index contributed by atoms with van der Waals surface area (Å²) in [7, 11) is 0. The van der Waals surface area contributed by atoms with Gasteiger partial charge in [0, 0.05) is 23.6 Å². The highest BCUT2D eigenvalue weighted by Gasteiger charge is 2.18. The molecule has 1 N–H and O–H groups in total. The molecule has 1 aliphatic heterocycles. The van der Waals surface area contributed by atoms with Gasteiger partial charge in [0.25, 0.3) is 0 Å². The number of hydrogen-bond donors (Lipinski definition) is 1. The molecule has 4 heteroatoms. The fraction of sp³-hybridized carbons (Fsp3) is 0.533. The minimum Gasteiger partial charge on any atom is -0.342 e. The molecule has 1 saturated heterocycles. The standard InChI is InChI=1S/C15H21BrN2O/c1-2-14(12-6-5-7-13(16)10-12)17-11-15(19)18-8-3-4-9-18/h5-7,10,14,17H,2-4,8-9,11H2,1H3. The van der Waals surface area contributed by atoms with Gasteiger partial charge in [-0.25, -0.2) is 0 Å². The zero-order valence-corrected chi connectivity index (χ0v) is 12.9. The van der Waals surface area contributed by atoms with Crippen LogP contribution in [-0.2, 0) is 4.79 Å². The smallest absolute Gasteiger partial charge is 0.236 e. The van der Waals surface area contributed by atoms with E-state index in [4.69, 9.17) is 0 Å². The molecule has 1 atom stereocenters. The van der Waals surface area contributed by atoms with Crippen LogP contribution in [0.1, 0.15) is 37.8 Å². The van der Waals surface area contributed by atoms with Gasteiger partial charge in [-0.2, -0.15) is 0 Å². The Morgan fingerprint density at radius 3 is 2.79 bits per heavy atom. The third kappa shape index (κ3) is 4.05. The molecular weight excluding hydrogens is 304 g/mol. The minimum atomic E-state index is 0.228. The largest absolute Gasteiger partial charge is 0.342 e. The van der Waals surface area contributed by atoms with Crippen molar-refractivity contribution in [1.29, 1.82) is 0 Å². The number of rotatable bonds is 5. The van der Waals surface area contributed by atoms with E-state index in [0.29, 0.717) is 6.54 Å². The van der Waals surface area contributed by atoms with Crippen LogP contribution in [0.3, 0.4) is 0 Å². The highest BCUT2D eigenvalue weighted by molar-refractivity contribution is 9.10. The lowest BCUT2D eigenvalue weighted by Crippen LogP contribution is -2.37. The Hall–Kier alpha value is -0.870. The van der Waals surface area contributed by atoms with E-state index in [1.807, 2.05) is 17.0 Å². The van der Waals surface area contributed by atoms with Crippen LogP contribution < -0.4 is 5.32 Å². The van der Waals surface area contributed by atoms with Crippen LogP contribution >= 0.6 is 15.9 Å². The summed E-state index contributed by atoms with van der Waals surface area (Å²) in [4.78, 5) is 14.0. The van der Waals surface area contributed by atoms with Gasteiger partial charge in [0.15, 0.2) is 0 Å². The lowest BCUT2D eigenvalue weighted by Gasteiger charge is -2.20. The molecule has 2 rings (SSSR count). The molecule has 3 nitrogen and oxygen atoms in total. The molecule has 0 bridgehead atoms. The zero-order valence-electron chi connectivity index (χ0n) is 11.4. The van der Waals surface area contributed by atoms with Gasteiger partial charge in [0.1, 0.15) is 0 Å². The van der Waals surface area contributed by atoms with Gasteiger partial charge >= 0.3 is 0 Å². The molecule has 0 saturated carbocycles. The first-order chi connectivity index (χ1) is 9.20. The Balaban J connectivity index is 1.90. The molecule has 0 spiro atoms. The van der Waals surface area contributed by atoms with Crippen LogP contribution in [0, 0.1) is 0 Å². The quantitative estimate of drug-likeness (QED) is 0.902. The van der Waals surface area contributed by atoms with Crippen molar-refractivity contribution in [2.45, 2.75) is 32.2 Å². The summed E-state index contributed by atoms with van der Waals surface area (Å²) in [5.74, 6) is 0.228. The predicted octanol–water partition coefficient (Wildman–Crippen LogP) is 3.11. The van der Waals surface area contributed by atoms with Crippen molar-refractivity contribution in [1.82, 2.24) is 10.2 Å². The second kappa shape index (κ2) is 7.06. The molecule has 1 amide bonds. The molecule has 1 heterocycles. The van der Waals surface area contributed by atoms with Crippen molar-refractivity contribution in [3.05, 3.63) is 34.3 Å². The average molecular weight is 325 g/mol. The SMILES string of the molecule is CCC(NCC(=O)N1CCCC1)c1cccc(Br)c1. The summed E-state index contributed by atoms with van der Waals surface area (Å²) in [6.07, 6.45) is 3.27. The second-order valence-electron chi connectivity index (χ2n) is 4.98. The lowest BCUT2D eigenvalue weighted by atomic mass is 10.0. The number of carbonyl (C=O) groups excluding carboxylic acids is 1. The van der Waals surface area contributed by atoms with Gasteiger partial charge in [-0.1, -0.05) is 35.0 Å². The van der Waals surface area contributed by atoms with Gasteiger partial charge in [0.2, 0.25) is 5.91 Å². The molecule has 1 aromatic carbocycles. The highest BCUT2D eigenvalue weighted by atomic mass is 79.9. The fourth-order valence-electron chi connectivity index (χ4n) is 2.51. The molecule has 0 radical (unpaired) electrons. The number of carbonyl (C=O) groups is 1. The van der Waals surface area contributed by atoms with Gasteiger partial charge in [-0.15, -0.1) is 0 Å². The van der Waals surface area contributed by atoms with E-state index >= 15 is 0 Å². The van der Waals surface area contributed by atoms with Crippen molar-refractivity contribution in [2.24, 2.45) is 0 Å². The van der Waals surface area contributed by atoms with E-state index in [9.17, 15) is 4.79 Å². The van der Waals surface area contributed by atoms with Crippen molar-refractivity contribution in [3.8, 4) is 0 Å². The third-order valence-electron chi connectivity index (χ3n) is 3.62. The lowest BCUT2D eigenvalue weighted by molar-refractivity contribution is -0.129. The summed E-state index contributed by atoms with van der Waals surface area (Å²) in [5.41, 5.74) is 1.23. The van der Waals surface area contributed by atoms with E-state index < -0.39 is 0 Å². The molecule has 1 aliphatic rings. The monoisotopic (exact) mass is 324 g/mol. The van der Waals surface area contributed by atoms with E-state index in [0.717, 1.165) is 36.8 Å². The van der Waals surface area contributed by atoms with E-state index in [1.165, 1.54) is 5.56 Å². The van der Waals surface area contributed by atoms with Gasteiger partial charge in [-0.3, -0.25) is 4.79 Å². The Labute approximate surface area is 123 Å². The van der Waals surface area contributed by atoms with Crippen LogP contribution in [-0.4, -0.2) is 30.4 Å². The molecule has 0 aliphatic carbocycles. The first-order valence-electron chi connectivity index (χ1n) is 6.97. The van der Waals surface area contributed by atoms with E-state index in [-0.39, 0.29) is 11.9 Å². The Kier molecular flexibility index (Phi) is 5.40. The molecular formula is C15H21BrN2O. The van der Waals surface area contributed by atoms with Crippen molar-refractivity contribution in [3.63, 3.8) is 0 Å². The molecule has 19 heavy (non-hydrogen) atoms. The fourth-order valence-corrected chi connectivity index (χ4v) is 2.93. The Morgan fingerprint density at radius 2 is 2.16 bits per heavy atom. The van der Waals surface area contributed by atoms with Crippen molar-refractivity contribution in [2.75, 3.05) is 19.6 Å². The van der Waals surface area contributed by atoms with Gasteiger partial charge in [-0.05, 0) is 37.0 Å². The van der Waals surface area contributed by atoms with Crippen molar-refractivity contribution >= 4 is 21.8 Å². The average Bonchev–Trinajstić information content (AvgIpc) is 2.93. The number of likely N-dealkylation sites (tertiary alicyclic amines) is 1. The van der Waals surface area contributed by atoms with Crippen LogP contribution in [0.2, 0.25) is 0 Å². The van der Waals surface area contributed by atoms with Crippen LogP contribution in [0.4, 0.5) is 0 Å². The number of hydrogen-bond acceptors (Lipinski definition) is 2. The summed E-state index contributed by atoms with van der Waals surface area (Å²) in [5, 5.41) is 3.38. The van der Waals surface area contributed by atoms with Gasteiger partial charge in [0.05, 0.1) is 6.54 Å². The van der Waals surface area contributed by atoms with Crippen LogP contribution in [0.25, 0.3) is 0 Å². The first-order valence-corrected chi connectivity index (χ1v) is 7.76. The van der Waals surface area contributed by atoms with E-state index in [1.54, 1.807) is 0 Å². The molecule has 1 fully saturated rings. The number of benzene rings is 1. The third-order valence-corrected chi connectivity index (χ3v) is 4.11. The Bertz CT molecular complexity index is 430. The maximum Gasteiger partial charge on any atom is 0.236 e. The maximum absolute atomic E-state index is 12.0. The number of nitrogens with zero attached hydrogens (tertiary/aromatic N) is 1. The summed E-state index contributed by atoms with van der Waals surface area (Å²) in [6, 6.07) is 8.51. The molecule has 1 unspecified atom stereocenters. The highest BCUT2D eigenvalue weighted by Crippen LogP contribution is 2.20. The molecule has 1 aromatic rings. The van der Waals surface area contributed by atoms with Crippen molar-refractivity contribution < 1.29 is 4.79 Å². The van der Waals surface area contributed by atoms with Crippen LogP contribution in [0.5, 0.6) is 0 Å². The summed E-state index contributed by atoms with van der Waals surface area (Å²) in [6.45, 7) is 4.42. The molecule has 104 valence electrons.